The zero-order valence-electron chi connectivity index (χ0n) is 16.0. The molecule has 0 aromatic carbocycles. The summed E-state index contributed by atoms with van der Waals surface area (Å²) in [5, 5.41) is 12.9. The molecule has 4 unspecified atom stereocenters. The number of nitrogens with zero attached hydrogens (tertiary/aromatic N) is 2. The number of hydrogen-bond donors (Lipinski definition) is 2. The fraction of sp³-hybridized carbons (Fsp3) is 0.737. The number of fused-ring (bicyclic) bond motifs is 2. The maximum atomic E-state index is 12.9. The first-order chi connectivity index (χ1) is 12.9. The average molecular weight is 379 g/mol. The molecule has 27 heavy (non-hydrogen) atoms. The minimum Gasteiger partial charge on any atom is -0.464 e. The molecule has 2 heterocycles. The Labute approximate surface area is 159 Å². The number of hydrogen-bond acceptors (Lipinski definition) is 5. The van der Waals surface area contributed by atoms with Gasteiger partial charge in [0.15, 0.2) is 0 Å². The minimum atomic E-state index is -1.05. The molecular weight excluding hydrogens is 350 g/mol. The number of carbonyl (C=O) groups excluding carboxylic acids is 3. The van der Waals surface area contributed by atoms with E-state index in [1.165, 1.54) is 4.90 Å². The molecule has 0 aromatic rings. The number of aliphatic hydroxyl groups excluding tert-OH is 1. The zero-order chi connectivity index (χ0) is 19.6. The van der Waals surface area contributed by atoms with Crippen molar-refractivity contribution in [3.05, 3.63) is 12.2 Å². The van der Waals surface area contributed by atoms with E-state index in [9.17, 15) is 19.5 Å². The molecule has 0 radical (unpaired) electrons. The second kappa shape index (κ2) is 7.88. The van der Waals surface area contributed by atoms with Crippen LogP contribution in [0.3, 0.4) is 0 Å². The third kappa shape index (κ3) is 3.95. The van der Waals surface area contributed by atoms with Crippen molar-refractivity contribution in [1.29, 1.82) is 0 Å². The number of allylic oxidation sites excluding steroid dienone is 1. The topological polar surface area (TPSA) is 99.2 Å². The Hall–Kier alpha value is -2.09. The Morgan fingerprint density at radius 3 is 2.93 bits per heavy atom. The van der Waals surface area contributed by atoms with Crippen LogP contribution in [0.1, 0.15) is 39.0 Å². The Morgan fingerprint density at radius 1 is 1.41 bits per heavy atom. The standard InChI is InChI=1S/C19H29N3O5/c1-3-27-17(25)19-11-13(19)8-6-4-5-7-9-21(2)18(26)22-12-14(23)10-15(22)16(24)20-19/h6,8,13-15,23H,3-5,7,9-12H2,1-2H3,(H,20,24)/b8-6+. The van der Waals surface area contributed by atoms with Crippen LogP contribution in [0.4, 0.5) is 4.79 Å². The molecule has 2 fully saturated rings. The molecule has 150 valence electrons. The predicted molar refractivity (Wildman–Crippen MR) is 97.7 cm³/mol. The van der Waals surface area contributed by atoms with Gasteiger partial charge in [0.1, 0.15) is 11.6 Å². The highest BCUT2D eigenvalue weighted by Crippen LogP contribution is 2.46. The van der Waals surface area contributed by atoms with Crippen LogP contribution in [0.2, 0.25) is 0 Å². The highest BCUT2D eigenvalue weighted by Gasteiger charge is 2.62. The number of aliphatic hydroxyl groups is 1. The summed E-state index contributed by atoms with van der Waals surface area (Å²) in [5.74, 6) is -0.940. The summed E-state index contributed by atoms with van der Waals surface area (Å²) in [5.41, 5.74) is -1.05. The van der Waals surface area contributed by atoms with Crippen molar-refractivity contribution in [3.63, 3.8) is 0 Å². The zero-order valence-corrected chi connectivity index (χ0v) is 16.0. The third-order valence-corrected chi connectivity index (χ3v) is 5.64. The number of ether oxygens (including phenoxy) is 1. The van der Waals surface area contributed by atoms with Crippen LogP contribution in [0.5, 0.6) is 0 Å². The Morgan fingerprint density at radius 2 is 2.19 bits per heavy atom. The highest BCUT2D eigenvalue weighted by atomic mass is 16.5. The number of urea groups is 1. The molecule has 3 rings (SSSR count). The van der Waals surface area contributed by atoms with E-state index in [0.29, 0.717) is 13.0 Å². The van der Waals surface area contributed by atoms with Crippen molar-refractivity contribution in [2.75, 3.05) is 26.7 Å². The van der Waals surface area contributed by atoms with Crippen molar-refractivity contribution >= 4 is 17.9 Å². The van der Waals surface area contributed by atoms with Crippen LogP contribution >= 0.6 is 0 Å². The molecule has 3 aliphatic rings. The molecule has 0 aromatic heterocycles. The fourth-order valence-corrected chi connectivity index (χ4v) is 3.97. The molecule has 3 amide bonds. The van der Waals surface area contributed by atoms with E-state index >= 15 is 0 Å². The minimum absolute atomic E-state index is 0.0957. The van der Waals surface area contributed by atoms with Crippen LogP contribution < -0.4 is 5.32 Å². The van der Waals surface area contributed by atoms with E-state index in [-0.39, 0.29) is 31.5 Å². The van der Waals surface area contributed by atoms with Gasteiger partial charge in [0.05, 0.1) is 12.7 Å². The van der Waals surface area contributed by atoms with Gasteiger partial charge in [0.2, 0.25) is 5.91 Å². The lowest BCUT2D eigenvalue weighted by atomic mass is 10.1. The summed E-state index contributed by atoms with van der Waals surface area (Å²) in [7, 11) is 1.71. The Bertz CT molecular complexity index is 637. The van der Waals surface area contributed by atoms with Crippen molar-refractivity contribution < 1.29 is 24.2 Å². The van der Waals surface area contributed by atoms with E-state index in [0.717, 1.165) is 19.3 Å². The van der Waals surface area contributed by atoms with Gasteiger partial charge in [0, 0.05) is 32.5 Å². The second-order valence-corrected chi connectivity index (χ2v) is 7.68. The Balaban J connectivity index is 1.85. The van der Waals surface area contributed by atoms with Gasteiger partial charge in [-0.2, -0.15) is 0 Å². The third-order valence-electron chi connectivity index (χ3n) is 5.64. The van der Waals surface area contributed by atoms with Crippen LogP contribution in [0.15, 0.2) is 12.2 Å². The summed E-state index contributed by atoms with van der Waals surface area (Å²) < 4.78 is 5.19. The lowest BCUT2D eigenvalue weighted by molar-refractivity contribution is -0.149. The molecule has 1 saturated carbocycles. The SMILES string of the molecule is CCOC(=O)C12CC1/C=C/CCCCN(C)C(=O)N1CC(O)CC1C(=O)N2. The van der Waals surface area contributed by atoms with Gasteiger partial charge in [0.25, 0.3) is 0 Å². The molecule has 0 spiro atoms. The van der Waals surface area contributed by atoms with E-state index in [2.05, 4.69) is 5.32 Å². The van der Waals surface area contributed by atoms with Crippen LogP contribution in [-0.4, -0.2) is 77.2 Å². The van der Waals surface area contributed by atoms with Crippen molar-refractivity contribution in [2.24, 2.45) is 5.92 Å². The maximum Gasteiger partial charge on any atom is 0.332 e. The van der Waals surface area contributed by atoms with Gasteiger partial charge in [-0.3, -0.25) is 4.79 Å². The summed E-state index contributed by atoms with van der Waals surface area (Å²) in [6.07, 6.45) is 6.59. The van der Waals surface area contributed by atoms with E-state index in [1.54, 1.807) is 18.9 Å². The molecule has 2 N–H and O–H groups in total. The number of rotatable bonds is 2. The maximum absolute atomic E-state index is 12.9. The van der Waals surface area contributed by atoms with Crippen molar-refractivity contribution in [3.8, 4) is 0 Å². The molecule has 1 aliphatic carbocycles. The lowest BCUT2D eigenvalue weighted by Crippen LogP contribution is -2.55. The Kier molecular flexibility index (Phi) is 5.74. The predicted octanol–water partition coefficient (Wildman–Crippen LogP) is 0.652. The normalized spacial score (nSPS) is 35.6. The second-order valence-electron chi connectivity index (χ2n) is 7.68. The smallest absolute Gasteiger partial charge is 0.332 e. The lowest BCUT2D eigenvalue weighted by Gasteiger charge is -2.30. The first kappa shape index (κ1) is 19.7. The van der Waals surface area contributed by atoms with Gasteiger partial charge in [-0.25, -0.2) is 9.59 Å². The highest BCUT2D eigenvalue weighted by molar-refractivity contribution is 5.95. The number of nitrogens with one attached hydrogen (secondary N) is 1. The fourth-order valence-electron chi connectivity index (χ4n) is 3.97. The molecule has 0 bridgehead atoms. The number of esters is 1. The molecule has 2 aliphatic heterocycles. The summed E-state index contributed by atoms with van der Waals surface area (Å²) >= 11 is 0. The number of amides is 3. The van der Waals surface area contributed by atoms with Crippen molar-refractivity contribution in [1.82, 2.24) is 15.1 Å². The first-order valence-corrected chi connectivity index (χ1v) is 9.74. The largest absolute Gasteiger partial charge is 0.464 e. The molecular formula is C19H29N3O5. The van der Waals surface area contributed by atoms with E-state index in [4.69, 9.17) is 4.74 Å². The van der Waals surface area contributed by atoms with Crippen LogP contribution in [0, 0.1) is 5.92 Å². The van der Waals surface area contributed by atoms with Crippen molar-refractivity contribution in [2.45, 2.75) is 56.7 Å². The van der Waals surface area contributed by atoms with Gasteiger partial charge in [-0.1, -0.05) is 12.2 Å². The summed E-state index contributed by atoms with van der Waals surface area (Å²) in [6.45, 7) is 2.70. The average Bonchev–Trinajstić information content (AvgIpc) is 3.18. The first-order valence-electron chi connectivity index (χ1n) is 9.74. The monoisotopic (exact) mass is 379 g/mol. The van der Waals surface area contributed by atoms with Gasteiger partial charge < -0.3 is 25.0 Å². The van der Waals surface area contributed by atoms with E-state index in [1.807, 2.05) is 12.2 Å². The summed E-state index contributed by atoms with van der Waals surface area (Å²) in [4.78, 5) is 41.2. The molecule has 8 nitrogen and oxygen atoms in total. The summed E-state index contributed by atoms with van der Waals surface area (Å²) in [6, 6.07) is -1.05. The van der Waals surface area contributed by atoms with Gasteiger partial charge in [-0.15, -0.1) is 0 Å². The molecule has 8 heteroatoms. The van der Waals surface area contributed by atoms with Gasteiger partial charge in [-0.05, 0) is 32.6 Å². The molecule has 1 saturated heterocycles. The van der Waals surface area contributed by atoms with Gasteiger partial charge >= 0.3 is 12.0 Å². The van der Waals surface area contributed by atoms with E-state index < -0.39 is 29.6 Å². The number of carbonyl (C=O) groups is 3. The van der Waals surface area contributed by atoms with Crippen LogP contribution in [0.25, 0.3) is 0 Å². The van der Waals surface area contributed by atoms with Crippen LogP contribution in [-0.2, 0) is 14.3 Å². The molecule has 4 atom stereocenters. The quantitative estimate of drug-likeness (QED) is 0.542.